The molecule has 2 aromatic rings. The van der Waals surface area contributed by atoms with Crippen molar-refractivity contribution < 1.29 is 9.13 Å². The van der Waals surface area contributed by atoms with Crippen molar-refractivity contribution in [3.05, 3.63) is 64.4 Å². The quantitative estimate of drug-likeness (QED) is 0.839. The van der Waals surface area contributed by atoms with Crippen molar-refractivity contribution in [1.82, 2.24) is 0 Å². The maximum absolute atomic E-state index is 12.9. The lowest BCUT2D eigenvalue weighted by Gasteiger charge is -2.11. The Morgan fingerprint density at radius 3 is 2.50 bits per heavy atom. The van der Waals surface area contributed by atoms with Crippen LogP contribution in [0, 0.1) is 17.1 Å². The van der Waals surface area contributed by atoms with Gasteiger partial charge in [-0.1, -0.05) is 29.8 Å². The molecule has 20 heavy (non-hydrogen) atoms. The van der Waals surface area contributed by atoms with Crippen LogP contribution in [0.15, 0.2) is 42.5 Å². The number of rotatable bonds is 4. The zero-order valence-corrected chi connectivity index (χ0v) is 11.7. The Morgan fingerprint density at radius 2 is 1.95 bits per heavy atom. The number of nitriles is 1. The molecular weight excluding hydrogens is 277 g/mol. The van der Waals surface area contributed by atoms with Crippen LogP contribution in [0.2, 0.25) is 5.02 Å². The van der Waals surface area contributed by atoms with Gasteiger partial charge < -0.3 is 4.74 Å². The predicted octanol–water partition coefficient (Wildman–Crippen LogP) is 4.34. The molecule has 0 aliphatic heterocycles. The summed E-state index contributed by atoms with van der Waals surface area (Å²) in [5.74, 6) is -0.0382. The number of hydrogen-bond donors (Lipinski definition) is 0. The van der Waals surface area contributed by atoms with Crippen molar-refractivity contribution in [3.63, 3.8) is 0 Å². The summed E-state index contributed by atoms with van der Waals surface area (Å²) in [4.78, 5) is 0. The van der Waals surface area contributed by atoms with Crippen molar-refractivity contribution in [2.75, 3.05) is 7.11 Å². The van der Waals surface area contributed by atoms with Gasteiger partial charge in [-0.15, -0.1) is 0 Å². The first kappa shape index (κ1) is 14.4. The number of hydrogen-bond acceptors (Lipinski definition) is 2. The summed E-state index contributed by atoms with van der Waals surface area (Å²) in [5.41, 5.74) is 1.73. The van der Waals surface area contributed by atoms with Crippen molar-refractivity contribution in [1.29, 1.82) is 5.26 Å². The van der Waals surface area contributed by atoms with Gasteiger partial charge in [-0.2, -0.15) is 5.26 Å². The van der Waals surface area contributed by atoms with E-state index in [1.54, 1.807) is 31.4 Å². The molecule has 2 nitrogen and oxygen atoms in total. The summed E-state index contributed by atoms with van der Waals surface area (Å²) in [6, 6.07) is 13.7. The third kappa shape index (κ3) is 3.28. The number of benzene rings is 2. The van der Waals surface area contributed by atoms with E-state index in [1.807, 2.05) is 6.07 Å². The first-order valence-corrected chi connectivity index (χ1v) is 6.49. The van der Waals surface area contributed by atoms with Gasteiger partial charge in [0.1, 0.15) is 11.6 Å². The van der Waals surface area contributed by atoms with E-state index < -0.39 is 0 Å². The van der Waals surface area contributed by atoms with Gasteiger partial charge in [0.2, 0.25) is 0 Å². The Morgan fingerprint density at radius 1 is 1.25 bits per heavy atom. The summed E-state index contributed by atoms with van der Waals surface area (Å²) < 4.78 is 18.0. The van der Waals surface area contributed by atoms with Crippen LogP contribution in [0.25, 0.3) is 0 Å². The Balaban J connectivity index is 2.20. The molecule has 0 saturated heterocycles. The summed E-state index contributed by atoms with van der Waals surface area (Å²) in [5, 5.41) is 9.79. The Labute approximate surface area is 122 Å². The number of halogens is 2. The fraction of sp³-hybridized carbons (Fsp3) is 0.188. The Hall–Kier alpha value is -2.05. The molecule has 0 bridgehead atoms. The van der Waals surface area contributed by atoms with Gasteiger partial charge >= 0.3 is 0 Å². The van der Waals surface area contributed by atoms with Crippen molar-refractivity contribution in [2.24, 2.45) is 0 Å². The molecule has 2 aromatic carbocycles. The summed E-state index contributed by atoms with van der Waals surface area (Å²) >= 11 is 6.07. The largest absolute Gasteiger partial charge is 0.495 e. The molecule has 1 unspecified atom stereocenters. The maximum atomic E-state index is 12.9. The van der Waals surface area contributed by atoms with E-state index in [9.17, 15) is 9.65 Å². The van der Waals surface area contributed by atoms with Crippen molar-refractivity contribution in [2.45, 2.75) is 12.3 Å². The molecule has 0 fully saturated rings. The maximum Gasteiger partial charge on any atom is 0.137 e. The molecule has 0 N–H and O–H groups in total. The summed E-state index contributed by atoms with van der Waals surface area (Å²) in [6.45, 7) is 0. The second-order valence-corrected chi connectivity index (χ2v) is 4.81. The Bertz CT molecular complexity index is 634. The second-order valence-electron chi connectivity index (χ2n) is 4.41. The molecule has 0 spiro atoms. The SMILES string of the molecule is COc1ccc(CC(C#N)c2ccc(F)cc2)cc1Cl. The lowest BCUT2D eigenvalue weighted by molar-refractivity contribution is 0.415. The summed E-state index contributed by atoms with van der Waals surface area (Å²) in [7, 11) is 1.55. The van der Waals surface area contributed by atoms with E-state index in [1.165, 1.54) is 12.1 Å². The van der Waals surface area contributed by atoms with Gasteiger partial charge in [-0.05, 0) is 41.8 Å². The zero-order chi connectivity index (χ0) is 14.5. The lowest BCUT2D eigenvalue weighted by atomic mass is 9.93. The average Bonchev–Trinajstić information content (AvgIpc) is 2.46. The highest BCUT2D eigenvalue weighted by Gasteiger charge is 2.13. The van der Waals surface area contributed by atoms with Crippen LogP contribution in [-0.4, -0.2) is 7.11 Å². The topological polar surface area (TPSA) is 33.0 Å². The van der Waals surface area contributed by atoms with Gasteiger partial charge in [0, 0.05) is 0 Å². The van der Waals surface area contributed by atoms with Crippen LogP contribution in [0.4, 0.5) is 4.39 Å². The van der Waals surface area contributed by atoms with Gasteiger partial charge in [-0.3, -0.25) is 0 Å². The van der Waals surface area contributed by atoms with E-state index in [2.05, 4.69) is 6.07 Å². The van der Waals surface area contributed by atoms with Gasteiger partial charge in [-0.25, -0.2) is 4.39 Å². The first-order valence-electron chi connectivity index (χ1n) is 6.11. The fourth-order valence-corrected chi connectivity index (χ4v) is 2.29. The van der Waals surface area contributed by atoms with Crippen molar-refractivity contribution in [3.8, 4) is 11.8 Å². The van der Waals surface area contributed by atoms with Crippen LogP contribution in [0.5, 0.6) is 5.75 Å². The minimum Gasteiger partial charge on any atom is -0.495 e. The molecule has 0 heterocycles. The van der Waals surface area contributed by atoms with Gasteiger partial charge in [0.05, 0.1) is 24.1 Å². The van der Waals surface area contributed by atoms with Crippen LogP contribution >= 0.6 is 11.6 Å². The normalized spacial score (nSPS) is 11.7. The monoisotopic (exact) mass is 289 g/mol. The van der Waals surface area contributed by atoms with Crippen molar-refractivity contribution >= 4 is 11.6 Å². The van der Waals surface area contributed by atoms with E-state index in [0.717, 1.165) is 11.1 Å². The third-order valence-electron chi connectivity index (χ3n) is 3.08. The first-order chi connectivity index (χ1) is 9.63. The minimum absolute atomic E-state index is 0.307. The molecule has 0 amide bonds. The molecule has 0 aliphatic rings. The predicted molar refractivity (Wildman–Crippen MR) is 76.5 cm³/mol. The highest BCUT2D eigenvalue weighted by Crippen LogP contribution is 2.28. The molecule has 1 atom stereocenters. The van der Waals surface area contributed by atoms with E-state index >= 15 is 0 Å². The van der Waals surface area contributed by atoms with Gasteiger partial charge in [0.25, 0.3) is 0 Å². The highest BCUT2D eigenvalue weighted by atomic mass is 35.5. The van der Waals surface area contributed by atoms with Gasteiger partial charge in [0.15, 0.2) is 0 Å². The molecule has 4 heteroatoms. The Kier molecular flexibility index (Phi) is 4.60. The van der Waals surface area contributed by atoms with E-state index in [4.69, 9.17) is 16.3 Å². The highest BCUT2D eigenvalue weighted by molar-refractivity contribution is 6.32. The molecule has 2 rings (SSSR count). The van der Waals surface area contributed by atoms with E-state index in [-0.39, 0.29) is 11.7 Å². The summed E-state index contributed by atoms with van der Waals surface area (Å²) in [6.07, 6.45) is 0.520. The van der Waals surface area contributed by atoms with Crippen LogP contribution in [-0.2, 0) is 6.42 Å². The smallest absolute Gasteiger partial charge is 0.137 e. The number of ether oxygens (including phenoxy) is 1. The zero-order valence-electron chi connectivity index (χ0n) is 10.9. The average molecular weight is 290 g/mol. The van der Waals surface area contributed by atoms with Crippen LogP contribution < -0.4 is 4.74 Å². The molecule has 0 radical (unpaired) electrons. The second kappa shape index (κ2) is 6.40. The number of methoxy groups -OCH3 is 1. The van der Waals surface area contributed by atoms with Crippen LogP contribution in [0.1, 0.15) is 17.0 Å². The minimum atomic E-state index is -0.333. The number of nitrogens with zero attached hydrogens (tertiary/aromatic N) is 1. The lowest BCUT2D eigenvalue weighted by Crippen LogP contribution is -2.01. The molecule has 0 saturated carbocycles. The van der Waals surface area contributed by atoms with Crippen LogP contribution in [0.3, 0.4) is 0 Å². The van der Waals surface area contributed by atoms with E-state index in [0.29, 0.717) is 17.2 Å². The molecule has 0 aromatic heterocycles. The molecule has 102 valence electrons. The molecular formula is C16H13ClFNO. The third-order valence-corrected chi connectivity index (χ3v) is 3.38. The molecule has 0 aliphatic carbocycles. The fourth-order valence-electron chi connectivity index (χ4n) is 2.01. The standard InChI is InChI=1S/C16H13ClFNO/c1-20-16-7-2-11(9-15(16)17)8-13(10-19)12-3-5-14(18)6-4-12/h2-7,9,13H,8H2,1H3.